The fraction of sp³-hybridized carbons (Fsp3) is 0.593. The standard InChI is InChI=1S/C27H41N3O10S/c1-6-7-8-14-28-22(31)20(16-17-9-11-18(12-10-17)39-21(24(33)34)25(35)36)29-23(32)19(13-15-41(5)38)30-26(37)40-27(2,3)4/h9-12,19-21H,6-8,13-16H2,1-5H3,(H,28,31)(H,29,32)(H,30,37)(H,33,34)(H,35,36)/t19-,20-,41?/m0/s1. The minimum absolute atomic E-state index is 0.0117. The molecule has 0 aliphatic rings. The molecule has 0 saturated carbocycles. The van der Waals surface area contributed by atoms with E-state index in [4.69, 9.17) is 19.7 Å². The molecular weight excluding hydrogens is 558 g/mol. The molecule has 0 heterocycles. The molecule has 0 fully saturated rings. The van der Waals surface area contributed by atoms with E-state index in [2.05, 4.69) is 16.0 Å². The van der Waals surface area contributed by atoms with Gasteiger partial charge in [-0.25, -0.2) is 14.4 Å². The number of ether oxygens (including phenoxy) is 2. The van der Waals surface area contributed by atoms with Crippen molar-refractivity contribution in [3.63, 3.8) is 0 Å². The van der Waals surface area contributed by atoms with Gasteiger partial charge in [-0.05, 0) is 51.3 Å². The number of carbonyl (C=O) groups excluding carboxylic acids is 3. The maximum Gasteiger partial charge on any atom is 0.408 e. The van der Waals surface area contributed by atoms with Crippen LogP contribution in [0.3, 0.4) is 0 Å². The summed E-state index contributed by atoms with van der Waals surface area (Å²) in [5.74, 6) is -4.34. The van der Waals surface area contributed by atoms with E-state index in [1.165, 1.54) is 30.5 Å². The molecular formula is C27H41N3O10S. The van der Waals surface area contributed by atoms with Gasteiger partial charge in [0.2, 0.25) is 11.8 Å². The minimum Gasteiger partial charge on any atom is -0.478 e. The van der Waals surface area contributed by atoms with Crippen LogP contribution < -0.4 is 20.7 Å². The minimum atomic E-state index is -2.09. The van der Waals surface area contributed by atoms with Crippen LogP contribution in [0.5, 0.6) is 5.75 Å². The molecule has 1 unspecified atom stereocenters. The summed E-state index contributed by atoms with van der Waals surface area (Å²) in [5, 5.41) is 26.0. The molecule has 0 saturated heterocycles. The summed E-state index contributed by atoms with van der Waals surface area (Å²) in [6.07, 6.45) is 1.20. The van der Waals surface area contributed by atoms with Crippen molar-refractivity contribution in [2.24, 2.45) is 0 Å². The summed E-state index contributed by atoms with van der Waals surface area (Å²) in [7, 11) is -1.25. The Kier molecular flexibility index (Phi) is 14.8. The fourth-order valence-corrected chi connectivity index (χ4v) is 4.04. The zero-order valence-electron chi connectivity index (χ0n) is 24.1. The van der Waals surface area contributed by atoms with Crippen LogP contribution in [0.15, 0.2) is 24.3 Å². The molecule has 13 nitrogen and oxygen atoms in total. The second-order valence-corrected chi connectivity index (χ2v) is 11.9. The van der Waals surface area contributed by atoms with Crippen molar-refractivity contribution >= 4 is 40.6 Å². The average molecular weight is 600 g/mol. The highest BCUT2D eigenvalue weighted by Gasteiger charge is 2.30. The van der Waals surface area contributed by atoms with Gasteiger partial charge in [0.15, 0.2) is 0 Å². The Morgan fingerprint density at radius 1 is 0.927 bits per heavy atom. The number of amides is 3. The van der Waals surface area contributed by atoms with Crippen LogP contribution in [0.25, 0.3) is 0 Å². The first-order chi connectivity index (χ1) is 19.1. The average Bonchev–Trinajstić information content (AvgIpc) is 2.86. The molecule has 1 rings (SSSR count). The lowest BCUT2D eigenvalue weighted by Gasteiger charge is -2.25. The van der Waals surface area contributed by atoms with Crippen LogP contribution in [0.2, 0.25) is 0 Å². The van der Waals surface area contributed by atoms with Crippen molar-refractivity contribution in [2.75, 3.05) is 18.6 Å². The molecule has 3 atom stereocenters. The van der Waals surface area contributed by atoms with Crippen molar-refractivity contribution in [1.29, 1.82) is 0 Å². The second kappa shape index (κ2) is 17.2. The lowest BCUT2D eigenvalue weighted by atomic mass is 10.0. The van der Waals surface area contributed by atoms with E-state index in [0.29, 0.717) is 12.1 Å². The molecule has 14 heteroatoms. The molecule has 0 aromatic heterocycles. The highest BCUT2D eigenvalue weighted by molar-refractivity contribution is 7.84. The van der Waals surface area contributed by atoms with Gasteiger partial charge >= 0.3 is 18.0 Å². The molecule has 3 amide bonds. The number of benzene rings is 1. The van der Waals surface area contributed by atoms with Crippen molar-refractivity contribution in [3.8, 4) is 5.75 Å². The van der Waals surface area contributed by atoms with Crippen molar-refractivity contribution in [2.45, 2.75) is 83.6 Å². The molecule has 0 bridgehead atoms. The number of carboxylic acids is 2. The molecule has 5 N–H and O–H groups in total. The van der Waals surface area contributed by atoms with Crippen LogP contribution in [-0.2, 0) is 41.1 Å². The molecule has 1 aromatic carbocycles. The lowest BCUT2D eigenvalue weighted by Crippen LogP contribution is -2.55. The van der Waals surface area contributed by atoms with Crippen molar-refractivity contribution in [1.82, 2.24) is 16.0 Å². The van der Waals surface area contributed by atoms with E-state index in [0.717, 1.165) is 19.3 Å². The van der Waals surface area contributed by atoms with E-state index >= 15 is 0 Å². The van der Waals surface area contributed by atoms with Gasteiger partial charge in [-0.1, -0.05) is 31.9 Å². The van der Waals surface area contributed by atoms with Gasteiger partial charge in [-0.2, -0.15) is 0 Å². The number of aliphatic carboxylic acids is 2. The number of hydrogen-bond donors (Lipinski definition) is 5. The van der Waals surface area contributed by atoms with Crippen LogP contribution in [0, 0.1) is 0 Å². The van der Waals surface area contributed by atoms with Gasteiger partial charge in [-0.3, -0.25) is 13.8 Å². The third kappa shape index (κ3) is 14.5. The number of carbonyl (C=O) groups is 5. The molecule has 41 heavy (non-hydrogen) atoms. The van der Waals surface area contributed by atoms with E-state index in [-0.39, 0.29) is 24.3 Å². The fourth-order valence-electron chi connectivity index (χ4n) is 3.48. The summed E-state index contributed by atoms with van der Waals surface area (Å²) in [5.41, 5.74) is -0.260. The predicted molar refractivity (Wildman–Crippen MR) is 151 cm³/mol. The predicted octanol–water partition coefficient (Wildman–Crippen LogP) is 1.60. The number of hydrogen-bond acceptors (Lipinski definition) is 8. The third-order valence-corrected chi connectivity index (χ3v) is 6.29. The lowest BCUT2D eigenvalue weighted by molar-refractivity contribution is -0.159. The summed E-state index contributed by atoms with van der Waals surface area (Å²) < 4.78 is 21.9. The Balaban J connectivity index is 3.11. The maximum atomic E-state index is 13.2. The monoisotopic (exact) mass is 599 g/mol. The maximum absolute atomic E-state index is 13.2. The SMILES string of the molecule is CCCCCNC(=O)[C@H](Cc1ccc(OC(C(=O)O)C(=O)O)cc1)NC(=O)[C@H](CCS(C)=O)NC(=O)OC(C)(C)C. The van der Waals surface area contributed by atoms with Crippen LogP contribution in [0.4, 0.5) is 4.79 Å². The van der Waals surface area contributed by atoms with E-state index < -0.39 is 64.4 Å². The third-order valence-electron chi connectivity index (χ3n) is 5.48. The Morgan fingerprint density at radius 2 is 1.54 bits per heavy atom. The van der Waals surface area contributed by atoms with Crippen LogP contribution >= 0.6 is 0 Å². The topological polar surface area (TPSA) is 197 Å². The number of carboxylic acid groups (broad SMARTS) is 2. The number of rotatable bonds is 17. The van der Waals surface area contributed by atoms with Gasteiger partial charge in [0.25, 0.3) is 6.10 Å². The molecule has 1 aromatic rings. The molecule has 0 spiro atoms. The molecule has 0 radical (unpaired) electrons. The van der Waals surface area contributed by atoms with Gasteiger partial charge < -0.3 is 35.6 Å². The largest absolute Gasteiger partial charge is 0.478 e. The number of alkyl carbamates (subject to hydrolysis) is 1. The molecule has 0 aliphatic heterocycles. The zero-order chi connectivity index (χ0) is 31.2. The summed E-state index contributed by atoms with van der Waals surface area (Å²) in [6, 6.07) is 3.55. The number of unbranched alkanes of at least 4 members (excludes halogenated alkanes) is 2. The van der Waals surface area contributed by atoms with Gasteiger partial charge in [0.05, 0.1) is 0 Å². The first kappa shape index (κ1) is 35.3. The van der Waals surface area contributed by atoms with Crippen molar-refractivity contribution in [3.05, 3.63) is 29.8 Å². The summed E-state index contributed by atoms with van der Waals surface area (Å²) in [6.45, 7) is 7.42. The Bertz CT molecular complexity index is 1060. The Morgan fingerprint density at radius 3 is 2.05 bits per heavy atom. The molecule has 0 aliphatic carbocycles. The van der Waals surface area contributed by atoms with Crippen LogP contribution in [0.1, 0.15) is 58.9 Å². The Labute approximate surface area is 242 Å². The van der Waals surface area contributed by atoms with E-state index in [1.54, 1.807) is 20.8 Å². The Hall–Kier alpha value is -3.68. The van der Waals surface area contributed by atoms with Crippen LogP contribution in [-0.4, -0.2) is 86.6 Å². The van der Waals surface area contributed by atoms with Gasteiger partial charge in [-0.15, -0.1) is 0 Å². The van der Waals surface area contributed by atoms with Gasteiger partial charge in [0, 0.05) is 35.8 Å². The summed E-state index contributed by atoms with van der Waals surface area (Å²) >= 11 is 0. The highest BCUT2D eigenvalue weighted by Crippen LogP contribution is 2.16. The van der Waals surface area contributed by atoms with E-state index in [1.807, 2.05) is 6.92 Å². The zero-order valence-corrected chi connectivity index (χ0v) is 24.9. The summed E-state index contributed by atoms with van der Waals surface area (Å²) in [4.78, 5) is 60.9. The van der Waals surface area contributed by atoms with E-state index in [9.17, 15) is 28.2 Å². The first-order valence-electron chi connectivity index (χ1n) is 13.2. The quantitative estimate of drug-likeness (QED) is 0.129. The van der Waals surface area contributed by atoms with Gasteiger partial charge in [0.1, 0.15) is 23.4 Å². The smallest absolute Gasteiger partial charge is 0.408 e. The number of nitrogens with one attached hydrogen (secondary N) is 3. The van der Waals surface area contributed by atoms with Crippen molar-refractivity contribution < 1.29 is 47.9 Å². The second-order valence-electron chi connectivity index (χ2n) is 10.3. The molecule has 230 valence electrons. The normalized spacial score (nSPS) is 13.4. The first-order valence-corrected chi connectivity index (χ1v) is 14.9. The highest BCUT2D eigenvalue weighted by atomic mass is 32.2.